The molecule has 0 unspecified atom stereocenters. The molecule has 4 aromatic rings. The van der Waals surface area contributed by atoms with Crippen molar-refractivity contribution in [3.05, 3.63) is 65.2 Å². The summed E-state index contributed by atoms with van der Waals surface area (Å²) in [6, 6.07) is 17.3. The molecular weight excluding hydrogens is 324 g/mol. The summed E-state index contributed by atoms with van der Waals surface area (Å²) in [6.07, 6.45) is 0. The molecule has 4 rings (SSSR count). The Labute approximate surface area is 143 Å². The maximum atomic E-state index is 5.91. The maximum absolute atomic E-state index is 5.91. The fraction of sp³-hybridized carbons (Fsp3) is 0.0556. The van der Waals surface area contributed by atoms with Crippen LogP contribution in [0.2, 0.25) is 5.02 Å². The minimum absolute atomic E-state index is 0.404. The first-order valence-corrected chi connectivity index (χ1v) is 7.80. The zero-order valence-corrected chi connectivity index (χ0v) is 13.6. The lowest BCUT2D eigenvalue weighted by Crippen LogP contribution is -1.84. The van der Waals surface area contributed by atoms with Gasteiger partial charge < -0.3 is 4.52 Å². The highest BCUT2D eigenvalue weighted by Gasteiger charge is 2.14. The number of H-pyrrole nitrogens is 1. The minimum atomic E-state index is 0.404. The second-order valence-corrected chi connectivity index (χ2v) is 5.85. The molecule has 0 fully saturated rings. The van der Waals surface area contributed by atoms with Crippen molar-refractivity contribution in [3.63, 3.8) is 0 Å². The number of halogens is 1. The van der Waals surface area contributed by atoms with E-state index in [9.17, 15) is 0 Å². The number of benzene rings is 2. The van der Waals surface area contributed by atoms with Gasteiger partial charge in [-0.25, -0.2) is 0 Å². The lowest BCUT2D eigenvalue weighted by Gasteiger charge is -1.97. The number of aromatic amines is 1. The third-order valence-corrected chi connectivity index (χ3v) is 4.01. The van der Waals surface area contributed by atoms with E-state index >= 15 is 0 Å². The third-order valence-electron chi connectivity index (χ3n) is 3.76. The Kier molecular flexibility index (Phi) is 3.63. The minimum Gasteiger partial charge on any atom is -0.332 e. The predicted octanol–water partition coefficient (Wildman–Crippen LogP) is 4.76. The van der Waals surface area contributed by atoms with Crippen molar-refractivity contribution in [3.8, 4) is 34.2 Å². The second kappa shape index (κ2) is 5.94. The molecule has 0 spiro atoms. The SMILES string of the molecule is Cc1ccccc1-c1noc(-c2cc(-c3ccc(Cl)cc3)n[nH]2)n1. The lowest BCUT2D eigenvalue weighted by molar-refractivity contribution is 0.431. The van der Waals surface area contributed by atoms with Gasteiger partial charge in [0.1, 0.15) is 5.69 Å². The number of hydrogen-bond acceptors (Lipinski definition) is 4. The van der Waals surface area contributed by atoms with Gasteiger partial charge in [-0.05, 0) is 30.7 Å². The molecule has 0 bridgehead atoms. The highest BCUT2D eigenvalue weighted by Crippen LogP contribution is 2.26. The van der Waals surface area contributed by atoms with Crippen LogP contribution >= 0.6 is 11.6 Å². The summed E-state index contributed by atoms with van der Waals surface area (Å²) in [5, 5.41) is 12.0. The fourth-order valence-corrected chi connectivity index (χ4v) is 2.59. The molecule has 2 aromatic heterocycles. The first-order chi connectivity index (χ1) is 11.7. The highest BCUT2D eigenvalue weighted by atomic mass is 35.5. The predicted molar refractivity (Wildman–Crippen MR) is 92.5 cm³/mol. The van der Waals surface area contributed by atoms with Crippen molar-refractivity contribution in [1.82, 2.24) is 20.3 Å². The largest absolute Gasteiger partial charge is 0.332 e. The van der Waals surface area contributed by atoms with E-state index < -0.39 is 0 Å². The summed E-state index contributed by atoms with van der Waals surface area (Å²) >= 11 is 5.91. The van der Waals surface area contributed by atoms with Crippen LogP contribution in [0.1, 0.15) is 5.56 Å². The van der Waals surface area contributed by atoms with Gasteiger partial charge in [0.25, 0.3) is 5.89 Å². The molecule has 24 heavy (non-hydrogen) atoms. The average Bonchev–Trinajstić information content (AvgIpc) is 3.25. The molecule has 0 amide bonds. The van der Waals surface area contributed by atoms with E-state index in [4.69, 9.17) is 16.1 Å². The Morgan fingerprint density at radius 3 is 2.62 bits per heavy atom. The van der Waals surface area contributed by atoms with E-state index in [2.05, 4.69) is 20.3 Å². The van der Waals surface area contributed by atoms with Gasteiger partial charge in [0, 0.05) is 16.1 Å². The Morgan fingerprint density at radius 2 is 1.83 bits per heavy atom. The molecule has 0 aliphatic heterocycles. The smallest absolute Gasteiger partial charge is 0.276 e. The first-order valence-electron chi connectivity index (χ1n) is 7.42. The van der Waals surface area contributed by atoms with Gasteiger partial charge >= 0.3 is 0 Å². The molecule has 2 aromatic carbocycles. The van der Waals surface area contributed by atoms with Crippen LogP contribution in [0, 0.1) is 6.92 Å². The lowest BCUT2D eigenvalue weighted by atomic mass is 10.1. The van der Waals surface area contributed by atoms with Crippen LogP contribution in [-0.2, 0) is 0 Å². The third kappa shape index (κ3) is 2.70. The molecule has 5 nitrogen and oxygen atoms in total. The van der Waals surface area contributed by atoms with Gasteiger partial charge in [-0.15, -0.1) is 0 Å². The Hall–Kier alpha value is -2.92. The maximum Gasteiger partial charge on any atom is 0.276 e. The topological polar surface area (TPSA) is 67.6 Å². The summed E-state index contributed by atoms with van der Waals surface area (Å²) in [4.78, 5) is 4.46. The molecule has 0 aliphatic rings. The van der Waals surface area contributed by atoms with Gasteiger partial charge in [-0.1, -0.05) is 53.2 Å². The molecule has 0 atom stereocenters. The normalized spacial score (nSPS) is 10.9. The summed E-state index contributed by atoms with van der Waals surface area (Å²) in [5.41, 5.74) is 4.46. The van der Waals surface area contributed by atoms with Gasteiger partial charge in [-0.3, -0.25) is 5.10 Å². The summed E-state index contributed by atoms with van der Waals surface area (Å²) in [7, 11) is 0. The number of aromatic nitrogens is 4. The number of hydrogen-bond donors (Lipinski definition) is 1. The van der Waals surface area contributed by atoms with E-state index in [-0.39, 0.29) is 0 Å². The van der Waals surface area contributed by atoms with E-state index in [0.717, 1.165) is 22.4 Å². The van der Waals surface area contributed by atoms with Crippen molar-refractivity contribution in [2.75, 3.05) is 0 Å². The summed E-state index contributed by atoms with van der Waals surface area (Å²) < 4.78 is 5.37. The van der Waals surface area contributed by atoms with Gasteiger partial charge in [0.15, 0.2) is 0 Å². The number of aryl methyl sites for hydroxylation is 1. The second-order valence-electron chi connectivity index (χ2n) is 5.41. The summed E-state index contributed by atoms with van der Waals surface area (Å²) in [5.74, 6) is 0.965. The molecule has 0 saturated heterocycles. The molecule has 0 radical (unpaired) electrons. The molecule has 0 aliphatic carbocycles. The van der Waals surface area contributed by atoms with Gasteiger partial charge in [-0.2, -0.15) is 10.1 Å². The Morgan fingerprint density at radius 1 is 1.04 bits per heavy atom. The van der Waals surface area contributed by atoms with Gasteiger partial charge in [0.05, 0.1) is 5.69 Å². The van der Waals surface area contributed by atoms with E-state index in [1.807, 2.05) is 61.5 Å². The van der Waals surface area contributed by atoms with Crippen molar-refractivity contribution < 1.29 is 4.52 Å². The molecule has 118 valence electrons. The van der Waals surface area contributed by atoms with Crippen LogP contribution in [-0.4, -0.2) is 20.3 Å². The molecular formula is C18H13ClN4O. The number of rotatable bonds is 3. The monoisotopic (exact) mass is 336 g/mol. The van der Waals surface area contributed by atoms with Gasteiger partial charge in [0.2, 0.25) is 5.82 Å². The van der Waals surface area contributed by atoms with Crippen molar-refractivity contribution in [1.29, 1.82) is 0 Å². The highest BCUT2D eigenvalue weighted by molar-refractivity contribution is 6.30. The number of nitrogens with one attached hydrogen (secondary N) is 1. The van der Waals surface area contributed by atoms with Crippen LogP contribution in [0.4, 0.5) is 0 Å². The van der Waals surface area contributed by atoms with Crippen molar-refractivity contribution >= 4 is 11.6 Å². The fourth-order valence-electron chi connectivity index (χ4n) is 2.47. The van der Waals surface area contributed by atoms with Crippen LogP contribution < -0.4 is 0 Å². The molecule has 1 N–H and O–H groups in total. The average molecular weight is 337 g/mol. The van der Waals surface area contributed by atoms with Crippen molar-refractivity contribution in [2.45, 2.75) is 6.92 Å². The summed E-state index contributed by atoms with van der Waals surface area (Å²) in [6.45, 7) is 2.01. The van der Waals surface area contributed by atoms with Crippen LogP contribution in [0.15, 0.2) is 59.1 Å². The van der Waals surface area contributed by atoms with Crippen LogP contribution in [0.3, 0.4) is 0 Å². The zero-order valence-electron chi connectivity index (χ0n) is 12.8. The van der Waals surface area contributed by atoms with Crippen molar-refractivity contribution in [2.24, 2.45) is 0 Å². The quantitative estimate of drug-likeness (QED) is 0.586. The standard InChI is InChI=1S/C18H13ClN4O/c1-11-4-2-3-5-14(11)17-20-18(24-23-17)16-10-15(21-22-16)12-6-8-13(19)9-7-12/h2-10H,1H3,(H,21,22). The molecule has 0 saturated carbocycles. The first kappa shape index (κ1) is 14.7. The Bertz CT molecular complexity index is 988. The Balaban J connectivity index is 1.66. The number of nitrogens with zero attached hydrogens (tertiary/aromatic N) is 3. The van der Waals surface area contributed by atoms with E-state index in [1.54, 1.807) is 0 Å². The van der Waals surface area contributed by atoms with E-state index in [0.29, 0.717) is 22.4 Å². The van der Waals surface area contributed by atoms with Crippen LogP contribution in [0.5, 0.6) is 0 Å². The van der Waals surface area contributed by atoms with E-state index in [1.165, 1.54) is 0 Å². The zero-order chi connectivity index (χ0) is 16.5. The molecule has 6 heteroatoms. The van der Waals surface area contributed by atoms with Crippen LogP contribution in [0.25, 0.3) is 34.2 Å². The molecule has 2 heterocycles.